The quantitative estimate of drug-likeness (QED) is 0.847. The van der Waals surface area contributed by atoms with Crippen molar-refractivity contribution in [2.24, 2.45) is 0 Å². The zero-order chi connectivity index (χ0) is 18.6. The Hall–Kier alpha value is -2.53. The molecule has 5 nitrogen and oxygen atoms in total. The number of hydrogen-bond acceptors (Lipinski definition) is 4. The average Bonchev–Trinajstić information content (AvgIpc) is 2.72. The molecule has 2 aliphatic heterocycles. The minimum atomic E-state index is 0.105. The van der Waals surface area contributed by atoms with Crippen molar-refractivity contribution in [2.75, 3.05) is 45.1 Å². The third-order valence-corrected chi connectivity index (χ3v) is 5.69. The van der Waals surface area contributed by atoms with E-state index in [1.165, 1.54) is 5.56 Å². The lowest BCUT2D eigenvalue weighted by molar-refractivity contribution is 0.0631. The number of ether oxygens (including phenoxy) is 1. The van der Waals surface area contributed by atoms with E-state index in [1.54, 1.807) is 12.1 Å². The molecule has 2 aliphatic rings. The number of benzene rings is 2. The number of nitrogens with two attached hydrogens (primary N) is 1. The third-order valence-electron chi connectivity index (χ3n) is 5.69. The van der Waals surface area contributed by atoms with Gasteiger partial charge < -0.3 is 15.4 Å². The van der Waals surface area contributed by atoms with E-state index < -0.39 is 0 Å². The van der Waals surface area contributed by atoms with Crippen molar-refractivity contribution in [3.63, 3.8) is 0 Å². The molecule has 0 bridgehead atoms. The highest BCUT2D eigenvalue weighted by Crippen LogP contribution is 2.35. The summed E-state index contributed by atoms with van der Waals surface area (Å²) < 4.78 is 5.77. The van der Waals surface area contributed by atoms with Crippen molar-refractivity contribution in [1.29, 1.82) is 0 Å². The fourth-order valence-corrected chi connectivity index (χ4v) is 4.04. The van der Waals surface area contributed by atoms with Crippen molar-refractivity contribution in [1.82, 2.24) is 9.80 Å². The second kappa shape index (κ2) is 8.01. The van der Waals surface area contributed by atoms with Crippen LogP contribution in [0.15, 0.2) is 48.5 Å². The van der Waals surface area contributed by atoms with Crippen LogP contribution in [-0.2, 0) is 0 Å². The molecule has 1 amide bonds. The lowest BCUT2D eigenvalue weighted by Crippen LogP contribution is -2.49. The predicted octanol–water partition coefficient (Wildman–Crippen LogP) is 2.98. The maximum atomic E-state index is 12.6. The number of carbonyl (C=O) groups excluding carboxylic acids is 1. The molecule has 5 heteroatoms. The number of amides is 1. The first-order valence-electron chi connectivity index (χ1n) is 9.79. The predicted molar refractivity (Wildman–Crippen MR) is 107 cm³/mol. The van der Waals surface area contributed by atoms with Crippen LogP contribution in [0.25, 0.3) is 0 Å². The fraction of sp³-hybridized carbons (Fsp3) is 0.409. The first-order valence-corrected chi connectivity index (χ1v) is 9.79. The van der Waals surface area contributed by atoms with Crippen molar-refractivity contribution >= 4 is 11.6 Å². The van der Waals surface area contributed by atoms with Gasteiger partial charge >= 0.3 is 0 Å². The molecule has 27 heavy (non-hydrogen) atoms. The van der Waals surface area contributed by atoms with Gasteiger partial charge in [0.05, 0.1) is 6.61 Å². The van der Waals surface area contributed by atoms with Crippen molar-refractivity contribution in [3.8, 4) is 5.75 Å². The van der Waals surface area contributed by atoms with Crippen LogP contribution in [-0.4, -0.2) is 55.0 Å². The number of nitrogens with zero attached hydrogens (tertiary/aromatic N) is 2. The first kappa shape index (κ1) is 17.9. The fourth-order valence-electron chi connectivity index (χ4n) is 4.04. The lowest BCUT2D eigenvalue weighted by atomic mass is 9.90. The van der Waals surface area contributed by atoms with Gasteiger partial charge in [0.1, 0.15) is 5.75 Å². The summed E-state index contributed by atoms with van der Waals surface area (Å²) in [6, 6.07) is 15.6. The Bertz CT molecular complexity index is 782. The van der Waals surface area contributed by atoms with Gasteiger partial charge in [-0.2, -0.15) is 0 Å². The molecule has 0 aromatic heterocycles. The SMILES string of the molecule is Nc1ccc(C(=O)N2CCN(CCC3CCOc4ccccc43)CC2)cc1. The van der Waals surface area contributed by atoms with E-state index in [0.29, 0.717) is 11.6 Å². The van der Waals surface area contributed by atoms with Gasteiger partial charge in [-0.15, -0.1) is 0 Å². The summed E-state index contributed by atoms with van der Waals surface area (Å²) in [5.41, 5.74) is 8.46. The molecule has 2 heterocycles. The number of rotatable bonds is 4. The lowest BCUT2D eigenvalue weighted by Gasteiger charge is -2.36. The zero-order valence-corrected chi connectivity index (χ0v) is 15.6. The molecule has 2 aromatic carbocycles. The van der Waals surface area contributed by atoms with Gasteiger partial charge in [-0.3, -0.25) is 9.69 Å². The van der Waals surface area contributed by atoms with Crippen molar-refractivity contribution in [3.05, 3.63) is 59.7 Å². The topological polar surface area (TPSA) is 58.8 Å². The minimum Gasteiger partial charge on any atom is -0.493 e. The Balaban J connectivity index is 1.28. The van der Waals surface area contributed by atoms with E-state index in [2.05, 4.69) is 23.1 Å². The Labute approximate surface area is 160 Å². The normalized spacial score (nSPS) is 20.0. The van der Waals surface area contributed by atoms with E-state index in [1.807, 2.05) is 23.1 Å². The molecular weight excluding hydrogens is 338 g/mol. The van der Waals surface area contributed by atoms with Crippen molar-refractivity contribution < 1.29 is 9.53 Å². The maximum absolute atomic E-state index is 12.6. The highest BCUT2D eigenvalue weighted by molar-refractivity contribution is 5.94. The van der Waals surface area contributed by atoms with Crippen LogP contribution in [0.4, 0.5) is 5.69 Å². The number of anilines is 1. The summed E-state index contributed by atoms with van der Waals surface area (Å²) >= 11 is 0. The summed E-state index contributed by atoms with van der Waals surface area (Å²) in [5, 5.41) is 0. The summed E-state index contributed by atoms with van der Waals surface area (Å²) in [6.45, 7) is 5.33. The molecule has 1 fully saturated rings. The van der Waals surface area contributed by atoms with Crippen molar-refractivity contribution in [2.45, 2.75) is 18.8 Å². The van der Waals surface area contributed by atoms with Crippen LogP contribution in [0.3, 0.4) is 0 Å². The second-order valence-electron chi connectivity index (χ2n) is 7.42. The molecule has 0 saturated carbocycles. The highest BCUT2D eigenvalue weighted by Gasteiger charge is 2.25. The number of piperazine rings is 1. The van der Waals surface area contributed by atoms with Crippen LogP contribution < -0.4 is 10.5 Å². The molecule has 1 saturated heterocycles. The van der Waals surface area contributed by atoms with Gasteiger partial charge in [-0.05, 0) is 61.2 Å². The van der Waals surface area contributed by atoms with Gasteiger partial charge in [-0.25, -0.2) is 0 Å². The van der Waals surface area contributed by atoms with E-state index in [0.717, 1.165) is 63.5 Å². The summed E-state index contributed by atoms with van der Waals surface area (Å²) in [7, 11) is 0. The highest BCUT2D eigenvalue weighted by atomic mass is 16.5. The molecule has 0 spiro atoms. The number of fused-ring (bicyclic) bond motifs is 1. The van der Waals surface area contributed by atoms with Crippen LogP contribution in [0.5, 0.6) is 5.75 Å². The molecular formula is C22H27N3O2. The van der Waals surface area contributed by atoms with Crippen LogP contribution in [0.2, 0.25) is 0 Å². The number of para-hydroxylation sites is 1. The monoisotopic (exact) mass is 365 g/mol. The minimum absolute atomic E-state index is 0.105. The molecule has 4 rings (SSSR count). The molecule has 0 radical (unpaired) electrons. The largest absolute Gasteiger partial charge is 0.493 e. The maximum Gasteiger partial charge on any atom is 0.253 e. The summed E-state index contributed by atoms with van der Waals surface area (Å²) in [6.07, 6.45) is 2.24. The molecule has 0 aliphatic carbocycles. The van der Waals surface area contributed by atoms with E-state index in [4.69, 9.17) is 10.5 Å². The van der Waals surface area contributed by atoms with Gasteiger partial charge in [0.2, 0.25) is 0 Å². The summed E-state index contributed by atoms with van der Waals surface area (Å²) in [4.78, 5) is 17.0. The van der Waals surface area contributed by atoms with E-state index in [-0.39, 0.29) is 5.91 Å². The molecule has 1 atom stereocenters. The first-order chi connectivity index (χ1) is 13.2. The van der Waals surface area contributed by atoms with Gasteiger partial charge in [0, 0.05) is 37.4 Å². The van der Waals surface area contributed by atoms with Gasteiger partial charge in [-0.1, -0.05) is 18.2 Å². The molecule has 1 unspecified atom stereocenters. The Morgan fingerprint density at radius 3 is 2.56 bits per heavy atom. The van der Waals surface area contributed by atoms with E-state index >= 15 is 0 Å². The smallest absolute Gasteiger partial charge is 0.253 e. The van der Waals surface area contributed by atoms with Crippen LogP contribution in [0.1, 0.15) is 34.7 Å². The Morgan fingerprint density at radius 2 is 1.78 bits per heavy atom. The van der Waals surface area contributed by atoms with Crippen LogP contribution in [0, 0.1) is 0 Å². The van der Waals surface area contributed by atoms with Gasteiger partial charge in [0.15, 0.2) is 0 Å². The zero-order valence-electron chi connectivity index (χ0n) is 15.6. The third kappa shape index (κ3) is 4.08. The second-order valence-corrected chi connectivity index (χ2v) is 7.42. The van der Waals surface area contributed by atoms with Gasteiger partial charge in [0.25, 0.3) is 5.91 Å². The van der Waals surface area contributed by atoms with E-state index in [9.17, 15) is 4.79 Å². The number of nitrogen functional groups attached to an aromatic ring is 1. The molecule has 2 N–H and O–H groups in total. The standard InChI is InChI=1S/C22H27N3O2/c23-19-7-5-18(6-8-19)22(26)25-14-12-24(13-15-25)11-9-17-10-16-27-21-4-2-1-3-20(17)21/h1-8,17H,9-16,23H2. The molecule has 2 aromatic rings. The Morgan fingerprint density at radius 1 is 1.04 bits per heavy atom. The van der Waals surface area contributed by atoms with Crippen LogP contribution >= 0.6 is 0 Å². The number of carbonyl (C=O) groups is 1. The summed E-state index contributed by atoms with van der Waals surface area (Å²) in [5.74, 6) is 1.73. The Kier molecular flexibility index (Phi) is 5.30. The average molecular weight is 365 g/mol. The number of hydrogen-bond donors (Lipinski definition) is 1. The molecule has 142 valence electrons.